The van der Waals surface area contributed by atoms with Crippen molar-refractivity contribution in [1.29, 1.82) is 0 Å². The molecule has 0 spiro atoms. The molecule has 2 aromatic heterocycles. The number of aromatic nitrogens is 4. The van der Waals surface area contributed by atoms with Gasteiger partial charge in [0, 0.05) is 0 Å². The molecule has 0 saturated carbocycles. The quantitative estimate of drug-likeness (QED) is 0.691. The van der Waals surface area contributed by atoms with Gasteiger partial charge in [-0.15, -0.1) is 0 Å². The molecule has 0 aliphatic carbocycles. The highest BCUT2D eigenvalue weighted by Gasteiger charge is 2.42. The van der Waals surface area contributed by atoms with Crippen LogP contribution in [0.1, 0.15) is 0 Å². The van der Waals surface area contributed by atoms with Gasteiger partial charge in [0.1, 0.15) is 5.39 Å². The second-order valence-electron chi connectivity index (χ2n) is 3.28. The van der Waals surface area contributed by atoms with Crippen LogP contribution in [-0.2, 0) is 0 Å². The molecule has 2 rings (SSSR count). The molecule has 18 heavy (non-hydrogen) atoms. The summed E-state index contributed by atoms with van der Waals surface area (Å²) in [6.45, 7) is -1.52. The van der Waals surface area contributed by atoms with Gasteiger partial charge in [-0.25, -0.2) is 8.78 Å². The number of aromatic amines is 1. The summed E-state index contributed by atoms with van der Waals surface area (Å²) in [6.07, 6.45) is -2.61. The fraction of sp³-hybridized carbons (Fsp3) is 0.375. The summed E-state index contributed by atoms with van der Waals surface area (Å²) in [5.74, 6) is -4.60. The lowest BCUT2D eigenvalue weighted by atomic mass is 10.4. The molecule has 0 aliphatic heterocycles. The summed E-state index contributed by atoms with van der Waals surface area (Å²) in [7, 11) is 0. The van der Waals surface area contributed by atoms with Crippen LogP contribution >= 0.6 is 11.6 Å². The van der Waals surface area contributed by atoms with Crippen molar-refractivity contribution >= 4 is 22.6 Å². The molecule has 0 fully saturated rings. The first-order chi connectivity index (χ1) is 8.40. The van der Waals surface area contributed by atoms with E-state index in [-0.39, 0.29) is 22.2 Å². The molecular formula is C8H5ClF4N4O. The number of ether oxygens (including phenoxy) is 1. The topological polar surface area (TPSA) is 63.7 Å². The Morgan fingerprint density at radius 2 is 2.11 bits per heavy atom. The minimum atomic E-state index is -4.27. The Morgan fingerprint density at radius 1 is 1.39 bits per heavy atom. The number of alkyl halides is 4. The van der Waals surface area contributed by atoms with E-state index in [0.717, 1.165) is 0 Å². The van der Waals surface area contributed by atoms with Crippen molar-refractivity contribution in [2.75, 3.05) is 6.61 Å². The first-order valence-electron chi connectivity index (χ1n) is 4.55. The van der Waals surface area contributed by atoms with Gasteiger partial charge >= 0.3 is 12.3 Å². The van der Waals surface area contributed by atoms with E-state index in [9.17, 15) is 17.6 Å². The predicted molar refractivity (Wildman–Crippen MR) is 53.1 cm³/mol. The lowest BCUT2D eigenvalue weighted by Gasteiger charge is -2.15. The number of nitrogens with zero attached hydrogens (tertiary/aromatic N) is 3. The van der Waals surface area contributed by atoms with Gasteiger partial charge in [-0.05, 0) is 11.6 Å². The van der Waals surface area contributed by atoms with E-state index < -0.39 is 19.0 Å². The fourth-order valence-corrected chi connectivity index (χ4v) is 1.28. The summed E-state index contributed by atoms with van der Waals surface area (Å²) in [5, 5.41) is 5.90. The maximum Gasteiger partial charge on any atom is 0.340 e. The molecule has 2 heterocycles. The smallest absolute Gasteiger partial charge is 0.340 e. The first-order valence-corrected chi connectivity index (χ1v) is 4.93. The van der Waals surface area contributed by atoms with Gasteiger partial charge < -0.3 is 4.74 Å². The fourth-order valence-electron chi connectivity index (χ4n) is 1.12. The minimum Gasteiger partial charge on any atom is -0.470 e. The van der Waals surface area contributed by atoms with Crippen LogP contribution in [0.2, 0.25) is 5.28 Å². The molecule has 0 aromatic carbocycles. The predicted octanol–water partition coefficient (Wildman–Crippen LogP) is 2.29. The zero-order valence-corrected chi connectivity index (χ0v) is 9.26. The number of halogens is 5. The molecule has 0 unspecified atom stereocenters. The zero-order valence-electron chi connectivity index (χ0n) is 8.50. The van der Waals surface area contributed by atoms with Gasteiger partial charge in [0.05, 0.1) is 6.20 Å². The number of hydrogen-bond acceptors (Lipinski definition) is 4. The van der Waals surface area contributed by atoms with Crippen LogP contribution in [0.4, 0.5) is 17.6 Å². The number of hydrogen-bond donors (Lipinski definition) is 1. The van der Waals surface area contributed by atoms with Gasteiger partial charge in [-0.2, -0.15) is 23.8 Å². The molecule has 0 aliphatic rings. The van der Waals surface area contributed by atoms with Gasteiger partial charge in [-0.3, -0.25) is 5.10 Å². The Morgan fingerprint density at radius 3 is 2.78 bits per heavy atom. The first kappa shape index (κ1) is 12.8. The normalized spacial score (nSPS) is 12.3. The average molecular weight is 285 g/mol. The Bertz CT molecular complexity index is 561. The lowest BCUT2D eigenvalue weighted by molar-refractivity contribution is -0.148. The van der Waals surface area contributed by atoms with Gasteiger partial charge in [0.15, 0.2) is 12.3 Å². The van der Waals surface area contributed by atoms with E-state index in [1.54, 1.807) is 0 Å². The molecule has 2 aromatic rings. The maximum absolute atomic E-state index is 12.7. The van der Waals surface area contributed by atoms with Crippen molar-refractivity contribution < 1.29 is 22.3 Å². The molecule has 5 nitrogen and oxygen atoms in total. The molecule has 0 bridgehead atoms. The summed E-state index contributed by atoms with van der Waals surface area (Å²) in [4.78, 5) is 7.23. The van der Waals surface area contributed by atoms with E-state index >= 15 is 0 Å². The number of fused-ring (bicyclic) bond motifs is 1. The van der Waals surface area contributed by atoms with Crippen LogP contribution in [0.25, 0.3) is 11.0 Å². The highest BCUT2D eigenvalue weighted by Crippen LogP contribution is 2.27. The monoisotopic (exact) mass is 284 g/mol. The third kappa shape index (κ3) is 2.45. The van der Waals surface area contributed by atoms with Crippen LogP contribution < -0.4 is 4.74 Å². The van der Waals surface area contributed by atoms with E-state index in [0.29, 0.717) is 0 Å². The average Bonchev–Trinajstić information content (AvgIpc) is 2.73. The van der Waals surface area contributed by atoms with Crippen LogP contribution in [0.15, 0.2) is 6.20 Å². The molecule has 0 amide bonds. The summed E-state index contributed by atoms with van der Waals surface area (Å²) in [6, 6.07) is 0. The number of nitrogens with one attached hydrogen (secondary N) is 1. The lowest BCUT2D eigenvalue weighted by Crippen LogP contribution is -2.33. The van der Waals surface area contributed by atoms with Crippen molar-refractivity contribution in [3.63, 3.8) is 0 Å². The Balaban J connectivity index is 2.24. The molecule has 98 valence electrons. The second kappa shape index (κ2) is 4.56. The van der Waals surface area contributed by atoms with Crippen molar-refractivity contribution in [2.24, 2.45) is 0 Å². The van der Waals surface area contributed by atoms with Crippen LogP contribution in [0.3, 0.4) is 0 Å². The summed E-state index contributed by atoms with van der Waals surface area (Å²) >= 11 is 5.51. The minimum absolute atomic E-state index is 0.158. The van der Waals surface area contributed by atoms with Crippen molar-refractivity contribution in [1.82, 2.24) is 20.2 Å². The van der Waals surface area contributed by atoms with Crippen LogP contribution in [0.5, 0.6) is 5.88 Å². The highest BCUT2D eigenvalue weighted by molar-refractivity contribution is 6.28. The zero-order chi connectivity index (χ0) is 13.3. The summed E-state index contributed by atoms with van der Waals surface area (Å²) in [5.41, 5.74) is 0.158. The molecule has 1 N–H and O–H groups in total. The molecule has 0 atom stereocenters. The molecule has 10 heteroatoms. The van der Waals surface area contributed by atoms with E-state index in [1.807, 2.05) is 0 Å². The number of H-pyrrole nitrogens is 1. The van der Waals surface area contributed by atoms with Crippen LogP contribution in [0, 0.1) is 0 Å². The molecule has 0 saturated heterocycles. The second-order valence-corrected chi connectivity index (χ2v) is 3.62. The summed E-state index contributed by atoms with van der Waals surface area (Å²) < 4.78 is 53.8. The number of rotatable bonds is 4. The Hall–Kier alpha value is -1.64. The van der Waals surface area contributed by atoms with E-state index in [1.165, 1.54) is 6.20 Å². The maximum atomic E-state index is 12.7. The largest absolute Gasteiger partial charge is 0.470 e. The molecular weight excluding hydrogens is 280 g/mol. The Labute approximate surface area is 102 Å². The highest BCUT2D eigenvalue weighted by atomic mass is 35.5. The van der Waals surface area contributed by atoms with Crippen LogP contribution in [-0.4, -0.2) is 39.1 Å². The van der Waals surface area contributed by atoms with Gasteiger partial charge in [0.25, 0.3) is 0 Å². The van der Waals surface area contributed by atoms with Crippen molar-refractivity contribution in [3.05, 3.63) is 11.5 Å². The standard InChI is InChI=1S/C8H5ClF4N4O/c9-7-15-4-3(1-14-17-4)5(16-7)18-2-8(12,13)6(10)11/h1,6H,2H2,(H,14,15,16,17). The van der Waals surface area contributed by atoms with E-state index in [2.05, 4.69) is 24.9 Å². The van der Waals surface area contributed by atoms with Crippen molar-refractivity contribution in [3.8, 4) is 5.88 Å². The van der Waals surface area contributed by atoms with E-state index in [4.69, 9.17) is 11.6 Å². The molecule has 0 radical (unpaired) electrons. The van der Waals surface area contributed by atoms with Crippen molar-refractivity contribution in [2.45, 2.75) is 12.3 Å². The SMILES string of the molecule is FC(F)C(F)(F)COc1nc(Cl)nc2[nH]ncc12. The third-order valence-electron chi connectivity index (χ3n) is 1.97. The third-order valence-corrected chi connectivity index (χ3v) is 2.14. The van der Waals surface area contributed by atoms with Gasteiger partial charge in [0.2, 0.25) is 11.2 Å². The van der Waals surface area contributed by atoms with Gasteiger partial charge in [-0.1, -0.05) is 0 Å². The Kier molecular flexibility index (Phi) is 3.24.